The van der Waals surface area contributed by atoms with Crippen LogP contribution in [0.15, 0.2) is 18.2 Å². The topological polar surface area (TPSA) is 120 Å². The fraction of sp³-hybridized carbons (Fsp3) is 0.524. The minimum atomic E-state index is -2.22. The molecule has 1 aliphatic carbocycles. The summed E-state index contributed by atoms with van der Waals surface area (Å²) in [6.45, 7) is 7.95. The van der Waals surface area contributed by atoms with E-state index in [1.165, 1.54) is 13.2 Å². The maximum absolute atomic E-state index is 13.6. The van der Waals surface area contributed by atoms with Crippen LogP contribution in [0.25, 0.3) is 0 Å². The van der Waals surface area contributed by atoms with E-state index in [-0.39, 0.29) is 25.2 Å². The molecule has 0 spiro atoms. The van der Waals surface area contributed by atoms with Crippen LogP contribution in [0, 0.1) is 0 Å². The molecule has 0 saturated carbocycles. The van der Waals surface area contributed by atoms with Crippen LogP contribution in [0.1, 0.15) is 50.5 Å². The van der Waals surface area contributed by atoms with Crippen LogP contribution in [0.2, 0.25) is 0 Å². The van der Waals surface area contributed by atoms with Crippen LogP contribution >= 0.6 is 0 Å². The van der Waals surface area contributed by atoms with Crippen molar-refractivity contribution >= 4 is 23.9 Å². The number of hydrazine groups is 1. The van der Waals surface area contributed by atoms with Gasteiger partial charge in [0, 0.05) is 12.0 Å². The number of nitrogens with zero attached hydrogens (tertiary/aromatic N) is 1. The standard InChI is InChI=1S/C21H28N2O8/c1-7-29-18(26)22-23(19(27)30-8-2)21(17(25)31-20(3,4)5)12-13-11-14(28-6)9-10-15(13)16(21)24/h9-11H,7-8,12H2,1-6H3,(H,22,26)/t21-/m0/s1. The molecule has 0 bridgehead atoms. The Labute approximate surface area is 180 Å². The van der Waals surface area contributed by atoms with Crippen LogP contribution < -0.4 is 10.2 Å². The molecule has 1 aliphatic rings. The fourth-order valence-electron chi connectivity index (χ4n) is 3.18. The molecular formula is C21H28N2O8. The van der Waals surface area contributed by atoms with E-state index in [2.05, 4.69) is 5.43 Å². The highest BCUT2D eigenvalue weighted by molar-refractivity contribution is 6.21. The van der Waals surface area contributed by atoms with E-state index in [4.69, 9.17) is 18.9 Å². The Morgan fingerprint density at radius 1 is 1.13 bits per heavy atom. The number of ether oxygens (including phenoxy) is 4. The van der Waals surface area contributed by atoms with Crippen molar-refractivity contribution in [2.24, 2.45) is 0 Å². The second-order valence-corrected chi connectivity index (χ2v) is 7.76. The number of amides is 2. The van der Waals surface area contributed by atoms with Gasteiger partial charge in [0.25, 0.3) is 0 Å². The second-order valence-electron chi connectivity index (χ2n) is 7.76. The second kappa shape index (κ2) is 9.23. The van der Waals surface area contributed by atoms with E-state index in [1.54, 1.807) is 46.8 Å². The maximum Gasteiger partial charge on any atom is 0.430 e. The quantitative estimate of drug-likeness (QED) is 0.324. The molecule has 1 atom stereocenters. The molecular weight excluding hydrogens is 408 g/mol. The molecule has 0 aliphatic heterocycles. The van der Waals surface area contributed by atoms with Crippen molar-refractivity contribution < 1.29 is 38.1 Å². The van der Waals surface area contributed by atoms with E-state index in [0.717, 1.165) is 0 Å². The monoisotopic (exact) mass is 436 g/mol. The van der Waals surface area contributed by atoms with Crippen LogP contribution in [-0.4, -0.2) is 60.4 Å². The van der Waals surface area contributed by atoms with Crippen LogP contribution in [0.4, 0.5) is 9.59 Å². The Balaban J connectivity index is 2.65. The molecule has 2 amide bonds. The molecule has 10 nitrogen and oxygen atoms in total. The zero-order valence-electron chi connectivity index (χ0n) is 18.6. The Morgan fingerprint density at radius 3 is 2.32 bits per heavy atom. The summed E-state index contributed by atoms with van der Waals surface area (Å²) >= 11 is 0. The van der Waals surface area contributed by atoms with Crippen molar-refractivity contribution in [1.82, 2.24) is 10.4 Å². The summed E-state index contributed by atoms with van der Waals surface area (Å²) in [7, 11) is 1.47. The lowest BCUT2D eigenvalue weighted by atomic mass is 9.93. The lowest BCUT2D eigenvalue weighted by Crippen LogP contribution is -2.68. The van der Waals surface area contributed by atoms with Gasteiger partial charge in [-0.1, -0.05) is 0 Å². The predicted octanol–water partition coefficient (Wildman–Crippen LogP) is 2.63. The molecule has 170 valence electrons. The van der Waals surface area contributed by atoms with Gasteiger partial charge < -0.3 is 18.9 Å². The van der Waals surface area contributed by atoms with Gasteiger partial charge in [0.1, 0.15) is 11.4 Å². The van der Waals surface area contributed by atoms with Gasteiger partial charge in [-0.05, 0) is 58.4 Å². The van der Waals surface area contributed by atoms with Crippen molar-refractivity contribution in [3.63, 3.8) is 0 Å². The number of carbonyl (C=O) groups excluding carboxylic acids is 4. The summed E-state index contributed by atoms with van der Waals surface area (Å²) in [5, 5.41) is 0.567. The molecule has 1 N–H and O–H groups in total. The molecule has 2 rings (SSSR count). The smallest absolute Gasteiger partial charge is 0.430 e. The van der Waals surface area contributed by atoms with Gasteiger partial charge in [-0.3, -0.25) is 4.79 Å². The third-order valence-electron chi connectivity index (χ3n) is 4.43. The molecule has 1 aromatic rings. The molecule has 0 heterocycles. The number of nitrogens with one attached hydrogen (secondary N) is 1. The Hall–Kier alpha value is -3.30. The molecule has 0 aromatic heterocycles. The van der Waals surface area contributed by atoms with E-state index < -0.39 is 35.1 Å². The number of esters is 1. The van der Waals surface area contributed by atoms with Crippen LogP contribution in [0.5, 0.6) is 5.75 Å². The average molecular weight is 436 g/mol. The normalized spacial score (nSPS) is 17.4. The van der Waals surface area contributed by atoms with Crippen molar-refractivity contribution in [3.05, 3.63) is 29.3 Å². The predicted molar refractivity (Wildman–Crippen MR) is 109 cm³/mol. The number of carbonyl (C=O) groups is 4. The summed E-state index contributed by atoms with van der Waals surface area (Å²) in [6.07, 6.45) is -2.38. The molecule has 0 fully saturated rings. The first-order valence-electron chi connectivity index (χ1n) is 9.85. The Kier molecular flexibility index (Phi) is 7.14. The lowest BCUT2D eigenvalue weighted by molar-refractivity contribution is -0.166. The van der Waals surface area contributed by atoms with Crippen molar-refractivity contribution in [2.75, 3.05) is 20.3 Å². The van der Waals surface area contributed by atoms with Crippen LogP contribution in [0.3, 0.4) is 0 Å². The van der Waals surface area contributed by atoms with E-state index >= 15 is 0 Å². The average Bonchev–Trinajstić information content (AvgIpc) is 2.98. The lowest BCUT2D eigenvalue weighted by Gasteiger charge is -2.37. The van der Waals surface area contributed by atoms with E-state index in [9.17, 15) is 19.2 Å². The first-order valence-corrected chi connectivity index (χ1v) is 9.85. The van der Waals surface area contributed by atoms with Gasteiger partial charge in [0.15, 0.2) is 0 Å². The minimum Gasteiger partial charge on any atom is -0.497 e. The number of Topliss-reactive ketones (excluding diaryl/α,β-unsaturated/α-hetero) is 1. The van der Waals surface area contributed by atoms with Gasteiger partial charge in [0.2, 0.25) is 11.3 Å². The number of rotatable bonds is 5. The van der Waals surface area contributed by atoms with Crippen molar-refractivity contribution in [3.8, 4) is 5.75 Å². The van der Waals surface area contributed by atoms with Gasteiger partial charge in [-0.15, -0.1) is 0 Å². The maximum atomic E-state index is 13.6. The number of ketones is 1. The highest BCUT2D eigenvalue weighted by atomic mass is 16.6. The van der Waals surface area contributed by atoms with Crippen molar-refractivity contribution in [1.29, 1.82) is 0 Å². The zero-order chi connectivity index (χ0) is 23.4. The minimum absolute atomic E-state index is 0.00725. The van der Waals surface area contributed by atoms with Gasteiger partial charge in [-0.2, -0.15) is 5.01 Å². The molecule has 10 heteroatoms. The summed E-state index contributed by atoms with van der Waals surface area (Å²) in [5.41, 5.74) is -0.347. The first kappa shape index (κ1) is 24.0. The summed E-state index contributed by atoms with van der Waals surface area (Å²) in [6, 6.07) is 4.65. The van der Waals surface area contributed by atoms with Gasteiger partial charge >= 0.3 is 18.2 Å². The SMILES string of the molecule is CCOC(=O)NN(C(=O)OCC)[C@@]1(C(=O)OC(C)(C)C)Cc2cc(OC)ccc2C1=O. The summed E-state index contributed by atoms with van der Waals surface area (Å²) in [4.78, 5) is 51.9. The number of benzene rings is 1. The molecule has 0 unspecified atom stereocenters. The zero-order valence-corrected chi connectivity index (χ0v) is 18.6. The largest absolute Gasteiger partial charge is 0.497 e. The third kappa shape index (κ3) is 4.89. The molecule has 1 aromatic carbocycles. The number of methoxy groups -OCH3 is 1. The van der Waals surface area contributed by atoms with E-state index in [1.807, 2.05) is 0 Å². The number of fused-ring (bicyclic) bond motifs is 1. The highest BCUT2D eigenvalue weighted by Gasteiger charge is 2.61. The van der Waals surface area contributed by atoms with Crippen LogP contribution in [-0.2, 0) is 25.4 Å². The summed E-state index contributed by atoms with van der Waals surface area (Å²) in [5.74, 6) is -1.26. The Bertz CT molecular complexity index is 877. The number of hydrogen-bond donors (Lipinski definition) is 1. The highest BCUT2D eigenvalue weighted by Crippen LogP contribution is 2.38. The molecule has 31 heavy (non-hydrogen) atoms. The van der Waals surface area contributed by atoms with Gasteiger partial charge in [-0.25, -0.2) is 19.8 Å². The Morgan fingerprint density at radius 2 is 1.77 bits per heavy atom. The number of hydrogen-bond acceptors (Lipinski definition) is 8. The third-order valence-corrected chi connectivity index (χ3v) is 4.43. The molecule has 0 saturated heterocycles. The first-order chi connectivity index (χ1) is 14.5. The van der Waals surface area contributed by atoms with Crippen molar-refractivity contribution in [2.45, 2.75) is 52.2 Å². The van der Waals surface area contributed by atoms with E-state index in [0.29, 0.717) is 16.3 Å². The summed E-state index contributed by atoms with van der Waals surface area (Å²) < 4.78 is 20.6. The van der Waals surface area contributed by atoms with Gasteiger partial charge in [0.05, 0.1) is 20.3 Å². The fourth-order valence-corrected chi connectivity index (χ4v) is 3.18. The molecule has 0 radical (unpaired) electrons.